The van der Waals surface area contributed by atoms with E-state index >= 15 is 0 Å². The summed E-state index contributed by atoms with van der Waals surface area (Å²) in [6, 6.07) is 3.05. The van der Waals surface area contributed by atoms with Crippen LogP contribution < -0.4 is 4.74 Å². The maximum Gasteiger partial charge on any atom is 0.342 e. The molecule has 9 nitrogen and oxygen atoms in total. The molecule has 1 aromatic carbocycles. The lowest BCUT2D eigenvalue weighted by atomic mass is 9.96. The molecule has 4 rings (SSSR count). The first kappa shape index (κ1) is 24.6. The Morgan fingerprint density at radius 3 is 2.71 bits per heavy atom. The van der Waals surface area contributed by atoms with Crippen LogP contribution in [0.4, 0.5) is 0 Å². The SMILES string of the molecule is C[C@H]1CCCC(O)C(=O)C(=O)C[C@H]2O[C@@H]2c2cc(OCC3CCCN(C)C3)cc(O)c2C(=O)O1. The van der Waals surface area contributed by atoms with Crippen molar-refractivity contribution in [3.8, 4) is 11.5 Å². The van der Waals surface area contributed by atoms with Crippen molar-refractivity contribution >= 4 is 17.5 Å². The summed E-state index contributed by atoms with van der Waals surface area (Å²) in [5.74, 6) is -1.72. The Kier molecular flexibility index (Phi) is 7.54. The summed E-state index contributed by atoms with van der Waals surface area (Å²) < 4.78 is 17.1. The van der Waals surface area contributed by atoms with Gasteiger partial charge in [-0.1, -0.05) is 0 Å². The number of ether oxygens (including phenoxy) is 3. The number of piperidine rings is 1. The number of nitrogens with zero attached hydrogens (tertiary/aromatic N) is 1. The second-order valence-electron chi connectivity index (χ2n) is 9.74. The molecule has 5 atom stereocenters. The van der Waals surface area contributed by atoms with Gasteiger partial charge in [-0.3, -0.25) is 9.59 Å². The smallest absolute Gasteiger partial charge is 0.342 e. The Balaban J connectivity index is 1.58. The maximum atomic E-state index is 12.9. The van der Waals surface area contributed by atoms with Crippen LogP contribution in [0.1, 0.15) is 67.5 Å². The number of aromatic hydroxyl groups is 1. The molecule has 2 N–H and O–H groups in total. The molecule has 3 heterocycles. The number of hydrogen-bond acceptors (Lipinski definition) is 9. The van der Waals surface area contributed by atoms with Crippen LogP contribution in [0.25, 0.3) is 0 Å². The van der Waals surface area contributed by atoms with Gasteiger partial charge in [0.15, 0.2) is 0 Å². The van der Waals surface area contributed by atoms with Crippen LogP contribution in [0, 0.1) is 5.92 Å². The topological polar surface area (TPSA) is 126 Å². The van der Waals surface area contributed by atoms with E-state index in [0.29, 0.717) is 36.7 Å². The fourth-order valence-electron chi connectivity index (χ4n) is 4.85. The third kappa shape index (κ3) is 5.76. The molecule has 3 aliphatic rings. The highest BCUT2D eigenvalue weighted by Gasteiger charge is 2.46. The van der Waals surface area contributed by atoms with E-state index in [1.165, 1.54) is 6.07 Å². The van der Waals surface area contributed by atoms with Gasteiger partial charge < -0.3 is 29.3 Å². The number of cyclic esters (lactones) is 1. The van der Waals surface area contributed by atoms with E-state index in [4.69, 9.17) is 14.2 Å². The molecule has 0 aliphatic carbocycles. The highest BCUT2D eigenvalue weighted by molar-refractivity contribution is 6.38. The van der Waals surface area contributed by atoms with Crippen molar-refractivity contribution in [3.63, 3.8) is 0 Å². The van der Waals surface area contributed by atoms with Crippen molar-refractivity contribution in [3.05, 3.63) is 23.3 Å². The lowest BCUT2D eigenvalue weighted by molar-refractivity contribution is -0.142. The molecule has 0 saturated carbocycles. The van der Waals surface area contributed by atoms with E-state index in [0.717, 1.165) is 25.9 Å². The molecule has 0 bridgehead atoms. The summed E-state index contributed by atoms with van der Waals surface area (Å²) in [5, 5.41) is 20.8. The number of benzene rings is 1. The standard InChI is InChI=1S/C25H33NO8/c1-14-5-3-7-18(27)23(30)20(29)11-21-24(34-21)17-9-16(10-19(28)22(17)25(31)33-14)32-13-15-6-4-8-26(2)12-15/h9-10,14-15,18,21,24,27-28H,3-8,11-13H2,1-2H3/t14-,15?,18?,21+,24+/m0/s1. The number of carbonyl (C=O) groups excluding carboxylic acids is 3. The lowest BCUT2D eigenvalue weighted by Crippen LogP contribution is -2.34. The van der Waals surface area contributed by atoms with Crippen molar-refractivity contribution in [2.24, 2.45) is 5.92 Å². The zero-order valence-electron chi connectivity index (χ0n) is 19.7. The minimum absolute atomic E-state index is 0.0139. The molecule has 0 aromatic heterocycles. The summed E-state index contributed by atoms with van der Waals surface area (Å²) in [7, 11) is 2.08. The summed E-state index contributed by atoms with van der Waals surface area (Å²) in [5.41, 5.74) is 0.357. The number of carbonyl (C=O) groups is 3. The van der Waals surface area contributed by atoms with Crippen LogP contribution in [-0.2, 0) is 19.1 Å². The van der Waals surface area contributed by atoms with E-state index in [9.17, 15) is 24.6 Å². The number of hydrogen-bond donors (Lipinski definition) is 2. The second-order valence-corrected chi connectivity index (χ2v) is 9.74. The minimum atomic E-state index is -1.37. The molecule has 9 heteroatoms. The van der Waals surface area contributed by atoms with Gasteiger partial charge >= 0.3 is 5.97 Å². The number of Topliss-reactive ketones (excluding diaryl/α,β-unsaturated/α-hetero) is 2. The average molecular weight is 476 g/mol. The number of rotatable bonds is 3. The van der Waals surface area contributed by atoms with Gasteiger partial charge in [0, 0.05) is 30.5 Å². The molecule has 2 unspecified atom stereocenters. The summed E-state index contributed by atoms with van der Waals surface area (Å²) in [6.45, 7) is 4.17. The highest BCUT2D eigenvalue weighted by atomic mass is 16.6. The van der Waals surface area contributed by atoms with E-state index in [-0.39, 0.29) is 24.2 Å². The normalized spacial score (nSPS) is 31.1. The molecular formula is C25H33NO8. The molecule has 2 fully saturated rings. The van der Waals surface area contributed by atoms with Crippen LogP contribution in [-0.4, -0.2) is 77.7 Å². The lowest BCUT2D eigenvalue weighted by Gasteiger charge is -2.29. The van der Waals surface area contributed by atoms with Crippen molar-refractivity contribution in [2.75, 3.05) is 26.7 Å². The zero-order valence-corrected chi connectivity index (χ0v) is 19.7. The highest BCUT2D eigenvalue weighted by Crippen LogP contribution is 2.46. The van der Waals surface area contributed by atoms with Crippen LogP contribution in [0.3, 0.4) is 0 Å². The number of likely N-dealkylation sites (tertiary alicyclic amines) is 1. The van der Waals surface area contributed by atoms with Crippen molar-refractivity contribution in [2.45, 2.75) is 69.9 Å². The number of phenols is 1. The molecule has 3 aliphatic heterocycles. The van der Waals surface area contributed by atoms with Crippen LogP contribution in [0.2, 0.25) is 0 Å². The molecule has 34 heavy (non-hydrogen) atoms. The van der Waals surface area contributed by atoms with Gasteiger partial charge in [0.1, 0.15) is 29.3 Å². The maximum absolute atomic E-state index is 12.9. The van der Waals surface area contributed by atoms with E-state index < -0.39 is 42.0 Å². The predicted octanol–water partition coefficient (Wildman–Crippen LogP) is 2.17. The fraction of sp³-hybridized carbons (Fsp3) is 0.640. The van der Waals surface area contributed by atoms with Gasteiger partial charge in [-0.15, -0.1) is 0 Å². The third-order valence-corrected chi connectivity index (χ3v) is 6.78. The van der Waals surface area contributed by atoms with Crippen LogP contribution >= 0.6 is 0 Å². The molecule has 1 aromatic rings. The Bertz CT molecular complexity index is 947. The van der Waals surface area contributed by atoms with E-state index in [1.807, 2.05) is 0 Å². The Morgan fingerprint density at radius 2 is 1.94 bits per heavy atom. The predicted molar refractivity (Wildman–Crippen MR) is 121 cm³/mol. The molecule has 0 radical (unpaired) electrons. The average Bonchev–Trinajstić information content (AvgIpc) is 3.54. The number of esters is 1. The van der Waals surface area contributed by atoms with Gasteiger partial charge in [0.25, 0.3) is 0 Å². The number of aliphatic hydroxyl groups excluding tert-OH is 1. The fourth-order valence-corrected chi connectivity index (χ4v) is 4.85. The second kappa shape index (κ2) is 10.4. The number of epoxide rings is 1. The molecule has 0 spiro atoms. The van der Waals surface area contributed by atoms with Crippen LogP contribution in [0.5, 0.6) is 11.5 Å². The Morgan fingerprint density at radius 1 is 1.15 bits per heavy atom. The Labute approximate surface area is 199 Å². The van der Waals surface area contributed by atoms with Gasteiger partial charge in [-0.2, -0.15) is 0 Å². The van der Waals surface area contributed by atoms with E-state index in [2.05, 4.69) is 11.9 Å². The van der Waals surface area contributed by atoms with Gasteiger partial charge in [0.05, 0.1) is 18.8 Å². The van der Waals surface area contributed by atoms with E-state index in [1.54, 1.807) is 13.0 Å². The molecule has 186 valence electrons. The summed E-state index contributed by atoms with van der Waals surface area (Å²) in [4.78, 5) is 39.8. The Hall–Kier alpha value is -2.49. The number of aliphatic hydroxyl groups is 1. The van der Waals surface area contributed by atoms with Gasteiger partial charge in [-0.05, 0) is 58.7 Å². The number of phenolic OH excluding ortho intramolecular Hbond substituents is 1. The zero-order chi connectivity index (χ0) is 24.4. The third-order valence-electron chi connectivity index (χ3n) is 6.78. The van der Waals surface area contributed by atoms with Gasteiger partial charge in [-0.25, -0.2) is 4.79 Å². The molecule has 0 amide bonds. The first-order chi connectivity index (χ1) is 16.2. The monoisotopic (exact) mass is 475 g/mol. The van der Waals surface area contributed by atoms with Crippen LogP contribution in [0.15, 0.2) is 12.1 Å². The largest absolute Gasteiger partial charge is 0.507 e. The quantitative estimate of drug-likeness (QED) is 0.384. The first-order valence-electron chi connectivity index (χ1n) is 12.0. The summed E-state index contributed by atoms with van der Waals surface area (Å²) >= 11 is 0. The van der Waals surface area contributed by atoms with Crippen molar-refractivity contribution in [1.29, 1.82) is 0 Å². The van der Waals surface area contributed by atoms with Gasteiger partial charge in [0.2, 0.25) is 11.6 Å². The number of fused-ring (bicyclic) bond motifs is 3. The van der Waals surface area contributed by atoms with Crippen molar-refractivity contribution < 1.29 is 38.8 Å². The molecule has 2 saturated heterocycles. The van der Waals surface area contributed by atoms with Crippen molar-refractivity contribution in [1.82, 2.24) is 4.90 Å². The first-order valence-corrected chi connectivity index (χ1v) is 12.0. The molecular weight excluding hydrogens is 442 g/mol. The minimum Gasteiger partial charge on any atom is -0.507 e. The number of ketones is 2. The summed E-state index contributed by atoms with van der Waals surface area (Å²) in [6.07, 6.45) is -0.292.